The first kappa shape index (κ1) is 16.2. The number of hydrogen-bond acceptors (Lipinski definition) is 3. The predicted octanol–water partition coefficient (Wildman–Crippen LogP) is 2.50. The van der Waals surface area contributed by atoms with E-state index in [4.69, 9.17) is 0 Å². The van der Waals surface area contributed by atoms with Crippen LogP contribution in [0.3, 0.4) is 0 Å². The second kappa shape index (κ2) is 6.53. The third-order valence-corrected chi connectivity index (χ3v) is 3.41. The van der Waals surface area contributed by atoms with Gasteiger partial charge in [0.1, 0.15) is 0 Å². The van der Waals surface area contributed by atoms with E-state index in [1.54, 1.807) is 0 Å². The molecule has 19 heavy (non-hydrogen) atoms. The van der Waals surface area contributed by atoms with Gasteiger partial charge >= 0.3 is 0 Å². The van der Waals surface area contributed by atoms with Crippen molar-refractivity contribution in [3.63, 3.8) is 0 Å². The highest BCUT2D eigenvalue weighted by Crippen LogP contribution is 2.17. The third-order valence-electron chi connectivity index (χ3n) is 3.41. The average molecular weight is 267 g/mol. The molecule has 0 spiro atoms. The highest BCUT2D eigenvalue weighted by Gasteiger charge is 2.20. The second-order valence-electron chi connectivity index (χ2n) is 5.99. The molecule has 4 heteroatoms. The van der Waals surface area contributed by atoms with Gasteiger partial charge in [-0.25, -0.2) is 0 Å². The van der Waals surface area contributed by atoms with Crippen LogP contribution >= 0.6 is 0 Å². The van der Waals surface area contributed by atoms with Gasteiger partial charge in [-0.1, -0.05) is 13.8 Å². The fraction of sp³-hybridized carbons (Fsp3) is 0.800. The lowest BCUT2D eigenvalue weighted by Gasteiger charge is -2.28. The van der Waals surface area contributed by atoms with Crippen LogP contribution in [0, 0.1) is 13.8 Å². The van der Waals surface area contributed by atoms with Crippen molar-refractivity contribution >= 4 is 0 Å². The highest BCUT2D eigenvalue weighted by molar-refractivity contribution is 5.24. The summed E-state index contributed by atoms with van der Waals surface area (Å²) >= 11 is 0. The van der Waals surface area contributed by atoms with Crippen molar-refractivity contribution in [3.05, 3.63) is 17.0 Å². The quantitative estimate of drug-likeness (QED) is 0.825. The first-order valence-corrected chi connectivity index (χ1v) is 7.26. The molecule has 0 saturated carbocycles. The molecule has 0 unspecified atom stereocenters. The largest absolute Gasteiger partial charge is 0.389 e. The standard InChI is InChI=1S/C15H29N3O/c1-7-9-18-13(4)14(12(3)16-18)10-17(8-2)11-15(5,6)19/h19H,7-11H2,1-6H3. The Bertz CT molecular complexity index is 404. The number of aliphatic hydroxyl groups is 1. The molecule has 0 bridgehead atoms. The summed E-state index contributed by atoms with van der Waals surface area (Å²) < 4.78 is 2.10. The lowest BCUT2D eigenvalue weighted by atomic mass is 10.1. The molecule has 0 atom stereocenters. The highest BCUT2D eigenvalue weighted by atomic mass is 16.3. The smallest absolute Gasteiger partial charge is 0.0718 e. The molecule has 0 amide bonds. The minimum Gasteiger partial charge on any atom is -0.389 e. The summed E-state index contributed by atoms with van der Waals surface area (Å²) in [5.74, 6) is 0. The van der Waals surface area contributed by atoms with Crippen LogP contribution in [0.15, 0.2) is 0 Å². The minimum absolute atomic E-state index is 0.656. The Morgan fingerprint density at radius 3 is 2.37 bits per heavy atom. The van der Waals surface area contributed by atoms with Crippen molar-refractivity contribution in [2.24, 2.45) is 0 Å². The number of aryl methyl sites for hydroxylation is 2. The van der Waals surface area contributed by atoms with Gasteiger partial charge in [-0.2, -0.15) is 5.10 Å². The molecule has 110 valence electrons. The summed E-state index contributed by atoms with van der Waals surface area (Å²) in [6, 6.07) is 0. The first-order chi connectivity index (χ1) is 8.78. The second-order valence-corrected chi connectivity index (χ2v) is 5.99. The van der Waals surface area contributed by atoms with Crippen LogP contribution in [0.2, 0.25) is 0 Å². The Morgan fingerprint density at radius 2 is 1.89 bits per heavy atom. The van der Waals surface area contributed by atoms with E-state index in [2.05, 4.69) is 42.4 Å². The number of hydrogen-bond donors (Lipinski definition) is 1. The van der Waals surface area contributed by atoms with Crippen LogP contribution in [0.25, 0.3) is 0 Å². The lowest BCUT2D eigenvalue weighted by Crippen LogP contribution is -2.38. The summed E-state index contributed by atoms with van der Waals surface area (Å²) in [6.07, 6.45) is 1.10. The van der Waals surface area contributed by atoms with Crippen molar-refractivity contribution in [3.8, 4) is 0 Å². The van der Waals surface area contributed by atoms with Crippen molar-refractivity contribution in [2.45, 2.75) is 66.7 Å². The SMILES string of the molecule is CCCn1nc(C)c(CN(CC)CC(C)(C)O)c1C. The number of likely N-dealkylation sites (N-methyl/N-ethyl adjacent to an activating group) is 1. The summed E-state index contributed by atoms with van der Waals surface area (Å²) in [5, 5.41) is 14.6. The molecule has 0 radical (unpaired) electrons. The van der Waals surface area contributed by atoms with Crippen LogP contribution in [0.4, 0.5) is 0 Å². The monoisotopic (exact) mass is 267 g/mol. The number of aromatic nitrogens is 2. The first-order valence-electron chi connectivity index (χ1n) is 7.26. The molecule has 0 aliphatic rings. The summed E-state index contributed by atoms with van der Waals surface area (Å²) in [4.78, 5) is 2.27. The summed E-state index contributed by atoms with van der Waals surface area (Å²) in [6.45, 7) is 15.7. The molecule has 0 aliphatic heterocycles. The molecule has 4 nitrogen and oxygen atoms in total. The van der Waals surface area contributed by atoms with E-state index < -0.39 is 5.60 Å². The molecule has 1 N–H and O–H groups in total. The van der Waals surface area contributed by atoms with Gasteiger partial charge in [-0.15, -0.1) is 0 Å². The van der Waals surface area contributed by atoms with Gasteiger partial charge in [0.15, 0.2) is 0 Å². The zero-order valence-electron chi connectivity index (χ0n) is 13.3. The Balaban J connectivity index is 2.85. The lowest BCUT2D eigenvalue weighted by molar-refractivity contribution is 0.0352. The van der Waals surface area contributed by atoms with Gasteiger partial charge < -0.3 is 5.11 Å². The van der Waals surface area contributed by atoms with E-state index in [1.807, 2.05) is 13.8 Å². The fourth-order valence-electron chi connectivity index (χ4n) is 2.44. The maximum Gasteiger partial charge on any atom is 0.0718 e. The van der Waals surface area contributed by atoms with Gasteiger partial charge in [-0.05, 0) is 40.7 Å². The van der Waals surface area contributed by atoms with Gasteiger partial charge in [-0.3, -0.25) is 9.58 Å². The summed E-state index contributed by atoms with van der Waals surface area (Å²) in [7, 11) is 0. The van der Waals surface area contributed by atoms with Gasteiger partial charge in [0.05, 0.1) is 11.3 Å². The molecule has 1 aromatic heterocycles. The molecule has 0 saturated heterocycles. The molecule has 1 heterocycles. The minimum atomic E-state index is -0.656. The zero-order valence-corrected chi connectivity index (χ0v) is 13.3. The van der Waals surface area contributed by atoms with E-state index >= 15 is 0 Å². The maximum atomic E-state index is 9.96. The molecule has 1 aromatic rings. The van der Waals surface area contributed by atoms with E-state index in [1.165, 1.54) is 11.3 Å². The topological polar surface area (TPSA) is 41.3 Å². The maximum absolute atomic E-state index is 9.96. The molecule has 1 rings (SSSR count). The molecular weight excluding hydrogens is 238 g/mol. The van der Waals surface area contributed by atoms with Crippen LogP contribution in [-0.2, 0) is 13.1 Å². The van der Waals surface area contributed by atoms with Crippen LogP contribution in [0.1, 0.15) is 51.1 Å². The van der Waals surface area contributed by atoms with Crippen LogP contribution < -0.4 is 0 Å². The normalized spacial score (nSPS) is 12.4. The molecule has 0 aliphatic carbocycles. The molecule has 0 fully saturated rings. The average Bonchev–Trinajstić information content (AvgIpc) is 2.54. The fourth-order valence-corrected chi connectivity index (χ4v) is 2.44. The number of rotatable bonds is 7. The van der Waals surface area contributed by atoms with E-state index in [9.17, 15) is 5.11 Å². The van der Waals surface area contributed by atoms with E-state index in [-0.39, 0.29) is 0 Å². The Kier molecular flexibility index (Phi) is 5.56. The van der Waals surface area contributed by atoms with Crippen molar-refractivity contribution in [1.82, 2.24) is 14.7 Å². The Morgan fingerprint density at radius 1 is 1.26 bits per heavy atom. The third kappa shape index (κ3) is 4.62. The predicted molar refractivity (Wildman–Crippen MR) is 79.2 cm³/mol. The van der Waals surface area contributed by atoms with Crippen LogP contribution in [-0.4, -0.2) is 38.5 Å². The Labute approximate surface area is 117 Å². The molecular formula is C15H29N3O. The van der Waals surface area contributed by atoms with Gasteiger partial charge in [0.25, 0.3) is 0 Å². The van der Waals surface area contributed by atoms with Crippen LogP contribution in [0.5, 0.6) is 0 Å². The zero-order chi connectivity index (χ0) is 14.6. The van der Waals surface area contributed by atoms with Crippen molar-refractivity contribution in [1.29, 1.82) is 0 Å². The van der Waals surface area contributed by atoms with Crippen molar-refractivity contribution < 1.29 is 5.11 Å². The van der Waals surface area contributed by atoms with Gasteiger partial charge in [0.2, 0.25) is 0 Å². The van der Waals surface area contributed by atoms with E-state index in [0.717, 1.165) is 31.7 Å². The van der Waals surface area contributed by atoms with Gasteiger partial charge in [0, 0.05) is 30.9 Å². The number of nitrogens with zero attached hydrogens (tertiary/aromatic N) is 3. The summed E-state index contributed by atoms with van der Waals surface area (Å²) in [5.41, 5.74) is 3.02. The van der Waals surface area contributed by atoms with Crippen molar-refractivity contribution in [2.75, 3.05) is 13.1 Å². The molecule has 0 aromatic carbocycles. The van der Waals surface area contributed by atoms with E-state index in [0.29, 0.717) is 6.54 Å². The Hall–Kier alpha value is -0.870.